The summed E-state index contributed by atoms with van der Waals surface area (Å²) in [4.78, 5) is 0. The van der Waals surface area contributed by atoms with Crippen LogP contribution in [-0.2, 0) is 6.42 Å². The maximum absolute atomic E-state index is 13.7. The fourth-order valence-corrected chi connectivity index (χ4v) is 2.98. The summed E-state index contributed by atoms with van der Waals surface area (Å²) < 4.78 is 20.1. The summed E-state index contributed by atoms with van der Waals surface area (Å²) in [5.41, 5.74) is 1.51. The first-order valence-corrected chi connectivity index (χ1v) is 7.28. The average molecular weight is 337 g/mol. The molecule has 1 N–H and O–H groups in total. The Morgan fingerprint density at radius 3 is 2.95 bits per heavy atom. The summed E-state index contributed by atoms with van der Waals surface area (Å²) in [5, 5.41) is 10.4. The molecule has 0 spiro atoms. The van der Waals surface area contributed by atoms with Gasteiger partial charge in [-0.3, -0.25) is 0 Å². The van der Waals surface area contributed by atoms with Crippen LogP contribution in [-0.4, -0.2) is 17.8 Å². The molecule has 2 unspecified atom stereocenters. The van der Waals surface area contributed by atoms with Crippen molar-refractivity contribution in [3.8, 4) is 5.75 Å². The van der Waals surface area contributed by atoms with Gasteiger partial charge in [-0.05, 0) is 29.8 Å². The van der Waals surface area contributed by atoms with Crippen molar-refractivity contribution in [3.63, 3.8) is 0 Å². The molecule has 2 aromatic rings. The standard InChI is InChI=1S/C16H14BrFO2/c17-11-5-6-14(18)10(7-11)8-15(19)13-9-20-16-4-2-1-3-12(13)16/h1-7,13,15,19H,8-9H2. The van der Waals surface area contributed by atoms with Crippen LogP contribution in [0.5, 0.6) is 5.75 Å². The van der Waals surface area contributed by atoms with Crippen LogP contribution in [0.3, 0.4) is 0 Å². The van der Waals surface area contributed by atoms with Crippen molar-refractivity contribution in [3.05, 3.63) is 63.9 Å². The Kier molecular flexibility index (Phi) is 3.76. The van der Waals surface area contributed by atoms with Gasteiger partial charge < -0.3 is 9.84 Å². The zero-order valence-corrected chi connectivity index (χ0v) is 12.3. The molecule has 0 fully saturated rings. The summed E-state index contributed by atoms with van der Waals surface area (Å²) in [6, 6.07) is 12.4. The Bertz CT molecular complexity index is 630. The maximum atomic E-state index is 13.7. The molecular formula is C16H14BrFO2. The summed E-state index contributed by atoms with van der Waals surface area (Å²) in [6.45, 7) is 0.441. The molecule has 20 heavy (non-hydrogen) atoms. The Balaban J connectivity index is 1.81. The van der Waals surface area contributed by atoms with Crippen LogP contribution in [0.25, 0.3) is 0 Å². The molecule has 3 rings (SSSR count). The molecule has 0 saturated carbocycles. The normalized spacial score (nSPS) is 18.4. The second kappa shape index (κ2) is 5.54. The average Bonchev–Trinajstić information content (AvgIpc) is 2.87. The molecule has 104 valence electrons. The van der Waals surface area contributed by atoms with E-state index in [1.54, 1.807) is 12.1 Å². The van der Waals surface area contributed by atoms with Gasteiger partial charge in [-0.15, -0.1) is 0 Å². The third-order valence-electron chi connectivity index (χ3n) is 3.64. The van der Waals surface area contributed by atoms with Crippen LogP contribution in [0.1, 0.15) is 17.0 Å². The fourth-order valence-electron chi connectivity index (χ4n) is 2.57. The van der Waals surface area contributed by atoms with Crippen molar-refractivity contribution in [1.29, 1.82) is 0 Å². The van der Waals surface area contributed by atoms with Gasteiger partial charge in [-0.25, -0.2) is 4.39 Å². The Labute approximate surface area is 125 Å². The topological polar surface area (TPSA) is 29.5 Å². The lowest BCUT2D eigenvalue weighted by atomic mass is 9.91. The molecule has 1 heterocycles. The van der Waals surface area contributed by atoms with E-state index >= 15 is 0 Å². The van der Waals surface area contributed by atoms with E-state index in [1.165, 1.54) is 6.07 Å². The monoisotopic (exact) mass is 336 g/mol. The van der Waals surface area contributed by atoms with Gasteiger partial charge in [0.15, 0.2) is 0 Å². The van der Waals surface area contributed by atoms with E-state index in [9.17, 15) is 9.50 Å². The van der Waals surface area contributed by atoms with Gasteiger partial charge in [0.05, 0.1) is 12.7 Å². The quantitative estimate of drug-likeness (QED) is 0.926. The van der Waals surface area contributed by atoms with E-state index in [-0.39, 0.29) is 18.2 Å². The molecule has 4 heteroatoms. The number of ether oxygens (including phenoxy) is 1. The number of para-hydroxylation sites is 1. The number of hydrogen-bond acceptors (Lipinski definition) is 2. The van der Waals surface area contributed by atoms with Gasteiger partial charge >= 0.3 is 0 Å². The van der Waals surface area contributed by atoms with Crippen LogP contribution in [0.2, 0.25) is 0 Å². The van der Waals surface area contributed by atoms with Crippen molar-refractivity contribution in [2.24, 2.45) is 0 Å². The van der Waals surface area contributed by atoms with Crippen molar-refractivity contribution < 1.29 is 14.2 Å². The predicted octanol–water partition coefficient (Wildman–Crippen LogP) is 3.67. The van der Waals surface area contributed by atoms with Gasteiger partial charge in [0, 0.05) is 22.4 Å². The van der Waals surface area contributed by atoms with Crippen LogP contribution in [0.15, 0.2) is 46.9 Å². The number of hydrogen-bond donors (Lipinski definition) is 1. The minimum absolute atomic E-state index is 0.107. The first-order chi connectivity index (χ1) is 9.65. The van der Waals surface area contributed by atoms with E-state index in [0.717, 1.165) is 15.8 Å². The highest BCUT2D eigenvalue weighted by molar-refractivity contribution is 9.10. The van der Waals surface area contributed by atoms with E-state index in [1.807, 2.05) is 24.3 Å². The third kappa shape index (κ3) is 2.58. The highest BCUT2D eigenvalue weighted by Crippen LogP contribution is 2.36. The molecule has 0 bridgehead atoms. The molecule has 1 aliphatic heterocycles. The van der Waals surface area contributed by atoms with Crippen LogP contribution in [0, 0.1) is 5.82 Å². The smallest absolute Gasteiger partial charge is 0.126 e. The van der Waals surface area contributed by atoms with Crippen LogP contribution in [0.4, 0.5) is 4.39 Å². The van der Waals surface area contributed by atoms with Gasteiger partial charge in [0.2, 0.25) is 0 Å². The van der Waals surface area contributed by atoms with Crippen molar-refractivity contribution in [2.45, 2.75) is 18.4 Å². The van der Waals surface area contributed by atoms with E-state index in [4.69, 9.17) is 4.74 Å². The van der Waals surface area contributed by atoms with Gasteiger partial charge in [-0.1, -0.05) is 34.1 Å². The van der Waals surface area contributed by atoms with E-state index < -0.39 is 6.10 Å². The molecular weight excluding hydrogens is 323 g/mol. The van der Waals surface area contributed by atoms with Crippen molar-refractivity contribution in [2.75, 3.05) is 6.61 Å². The zero-order valence-electron chi connectivity index (χ0n) is 10.7. The second-order valence-electron chi connectivity index (χ2n) is 4.96. The van der Waals surface area contributed by atoms with Gasteiger partial charge in [-0.2, -0.15) is 0 Å². The van der Waals surface area contributed by atoms with Crippen LogP contribution < -0.4 is 4.74 Å². The Hall–Kier alpha value is -1.39. The van der Waals surface area contributed by atoms with Crippen molar-refractivity contribution in [1.82, 2.24) is 0 Å². The highest BCUT2D eigenvalue weighted by atomic mass is 79.9. The summed E-state index contributed by atoms with van der Waals surface area (Å²) >= 11 is 3.32. The van der Waals surface area contributed by atoms with E-state index in [0.29, 0.717) is 12.2 Å². The number of aliphatic hydroxyl groups is 1. The number of halogens is 2. The summed E-state index contributed by atoms with van der Waals surface area (Å²) in [6.07, 6.45) is -0.393. The first-order valence-electron chi connectivity index (χ1n) is 6.49. The molecule has 2 aromatic carbocycles. The molecule has 0 amide bonds. The minimum Gasteiger partial charge on any atom is -0.493 e. The van der Waals surface area contributed by atoms with Crippen molar-refractivity contribution >= 4 is 15.9 Å². The fraction of sp³-hybridized carbons (Fsp3) is 0.250. The molecule has 0 aromatic heterocycles. The second-order valence-corrected chi connectivity index (χ2v) is 5.88. The first kappa shape index (κ1) is 13.6. The lowest BCUT2D eigenvalue weighted by Crippen LogP contribution is -2.22. The third-order valence-corrected chi connectivity index (χ3v) is 4.13. The van der Waals surface area contributed by atoms with Gasteiger partial charge in [0.1, 0.15) is 11.6 Å². The Morgan fingerprint density at radius 2 is 2.10 bits per heavy atom. The number of aliphatic hydroxyl groups excluding tert-OH is 1. The molecule has 1 aliphatic rings. The SMILES string of the molecule is OC(Cc1cc(Br)ccc1F)C1COc2ccccc21. The number of fused-ring (bicyclic) bond motifs is 1. The van der Waals surface area contributed by atoms with Crippen LogP contribution >= 0.6 is 15.9 Å². The number of benzene rings is 2. The Morgan fingerprint density at radius 1 is 1.30 bits per heavy atom. The predicted molar refractivity (Wildman–Crippen MR) is 78.5 cm³/mol. The van der Waals surface area contributed by atoms with Gasteiger partial charge in [0.25, 0.3) is 0 Å². The minimum atomic E-state index is -0.664. The lowest BCUT2D eigenvalue weighted by Gasteiger charge is -2.17. The maximum Gasteiger partial charge on any atom is 0.126 e. The molecule has 2 atom stereocenters. The number of rotatable bonds is 3. The molecule has 2 nitrogen and oxygen atoms in total. The zero-order chi connectivity index (χ0) is 14.1. The summed E-state index contributed by atoms with van der Waals surface area (Å²) in [7, 11) is 0. The molecule has 0 radical (unpaired) electrons. The molecule has 0 aliphatic carbocycles. The molecule has 0 saturated heterocycles. The highest BCUT2D eigenvalue weighted by Gasteiger charge is 2.30. The largest absolute Gasteiger partial charge is 0.493 e. The lowest BCUT2D eigenvalue weighted by molar-refractivity contribution is 0.128. The summed E-state index contributed by atoms with van der Waals surface area (Å²) in [5.74, 6) is 0.412. The van der Waals surface area contributed by atoms with E-state index in [2.05, 4.69) is 15.9 Å².